The van der Waals surface area contributed by atoms with Crippen molar-refractivity contribution in [1.82, 2.24) is 0 Å². The van der Waals surface area contributed by atoms with Gasteiger partial charge in [-0.3, -0.25) is 4.72 Å². The van der Waals surface area contributed by atoms with E-state index in [-0.39, 0.29) is 11.3 Å². The van der Waals surface area contributed by atoms with E-state index in [1.54, 1.807) is 18.2 Å². The van der Waals surface area contributed by atoms with Gasteiger partial charge in [0.1, 0.15) is 0 Å². The molecule has 0 fully saturated rings. The van der Waals surface area contributed by atoms with Crippen molar-refractivity contribution < 1.29 is 18.3 Å². The van der Waals surface area contributed by atoms with Crippen LogP contribution in [0.15, 0.2) is 72.8 Å². The molecule has 0 aliphatic heterocycles. The highest BCUT2D eigenvalue weighted by atomic mass is 35.5. The number of rotatable bonds is 6. The third-order valence-corrected chi connectivity index (χ3v) is 5.37. The van der Waals surface area contributed by atoms with E-state index in [9.17, 15) is 13.2 Å². The summed E-state index contributed by atoms with van der Waals surface area (Å²) in [6.07, 6.45) is 0. The molecule has 2 N–H and O–H groups in total. The summed E-state index contributed by atoms with van der Waals surface area (Å²) in [5, 5.41) is 9.52. The summed E-state index contributed by atoms with van der Waals surface area (Å²) in [6, 6.07) is 20.1. The van der Waals surface area contributed by atoms with Crippen LogP contribution in [0, 0.1) is 0 Å². The van der Waals surface area contributed by atoms with E-state index in [1.165, 1.54) is 24.3 Å². The fourth-order valence-corrected chi connectivity index (χ4v) is 3.97. The number of aromatic carboxylic acids is 1. The van der Waals surface area contributed by atoms with Gasteiger partial charge in [-0.2, -0.15) is 0 Å². The second kappa shape index (κ2) is 7.82. The number of hydrogen-bond acceptors (Lipinski definition) is 3. The number of halogens is 1. The molecule has 27 heavy (non-hydrogen) atoms. The van der Waals surface area contributed by atoms with Crippen molar-refractivity contribution in [2.75, 3.05) is 4.72 Å². The lowest BCUT2D eigenvalue weighted by Gasteiger charge is -2.09. The molecule has 0 aliphatic carbocycles. The fraction of sp³-hybridized carbons (Fsp3) is 0.0500. The summed E-state index contributed by atoms with van der Waals surface area (Å²) in [5.74, 6) is -1.30. The Morgan fingerprint density at radius 2 is 1.59 bits per heavy atom. The summed E-state index contributed by atoms with van der Waals surface area (Å²) in [4.78, 5) is 10.8. The van der Waals surface area contributed by atoms with E-state index in [0.29, 0.717) is 16.3 Å². The van der Waals surface area contributed by atoms with Crippen LogP contribution in [0.4, 0.5) is 5.69 Å². The normalized spacial score (nSPS) is 11.1. The van der Waals surface area contributed by atoms with Crippen molar-refractivity contribution in [2.24, 2.45) is 0 Å². The van der Waals surface area contributed by atoms with Crippen molar-refractivity contribution in [2.45, 2.75) is 5.75 Å². The molecular weight excluding hydrogens is 386 g/mol. The molecule has 0 spiro atoms. The lowest BCUT2D eigenvalue weighted by molar-refractivity contribution is 0.0697. The van der Waals surface area contributed by atoms with Gasteiger partial charge in [-0.1, -0.05) is 48.0 Å². The summed E-state index contributed by atoms with van der Waals surface area (Å²) in [7, 11) is -3.62. The highest BCUT2D eigenvalue weighted by Crippen LogP contribution is 2.24. The molecule has 5 nitrogen and oxygen atoms in total. The van der Waals surface area contributed by atoms with E-state index in [0.717, 1.165) is 11.1 Å². The second-order valence-electron chi connectivity index (χ2n) is 5.95. The molecule has 0 aliphatic rings. The number of carboxylic acids is 1. The molecule has 138 valence electrons. The number of benzene rings is 3. The van der Waals surface area contributed by atoms with Crippen LogP contribution in [0.1, 0.15) is 15.9 Å². The van der Waals surface area contributed by atoms with Gasteiger partial charge < -0.3 is 5.11 Å². The zero-order chi connectivity index (χ0) is 19.4. The molecule has 7 heteroatoms. The van der Waals surface area contributed by atoms with Gasteiger partial charge in [0.2, 0.25) is 10.0 Å². The molecular formula is C20H16ClNO4S. The molecule has 0 saturated heterocycles. The molecule has 0 bridgehead atoms. The van der Waals surface area contributed by atoms with Crippen molar-refractivity contribution >= 4 is 33.3 Å². The Labute approximate surface area is 162 Å². The standard InChI is InChI=1S/C20H16ClNO4S/c21-18-3-1-2-17(12-18)15-8-10-19(11-9-15)22-27(25,26)13-14-4-6-16(7-5-14)20(23)24/h1-12,22H,13H2,(H,23,24). The monoisotopic (exact) mass is 401 g/mol. The Morgan fingerprint density at radius 3 is 2.19 bits per heavy atom. The molecule has 0 atom stereocenters. The Bertz CT molecular complexity index is 1060. The topological polar surface area (TPSA) is 83.5 Å². The Morgan fingerprint density at radius 1 is 0.926 bits per heavy atom. The van der Waals surface area contributed by atoms with E-state index in [1.807, 2.05) is 30.3 Å². The Balaban J connectivity index is 1.71. The van der Waals surface area contributed by atoms with Crippen LogP contribution in [0.3, 0.4) is 0 Å². The summed E-state index contributed by atoms with van der Waals surface area (Å²) in [5.41, 5.74) is 2.92. The number of sulfonamides is 1. The zero-order valence-corrected chi connectivity index (χ0v) is 15.7. The van der Waals surface area contributed by atoms with Crippen molar-refractivity contribution in [3.05, 3.63) is 88.9 Å². The van der Waals surface area contributed by atoms with E-state index in [4.69, 9.17) is 16.7 Å². The van der Waals surface area contributed by atoms with Crippen LogP contribution in [0.2, 0.25) is 5.02 Å². The predicted molar refractivity (Wildman–Crippen MR) is 107 cm³/mol. The lowest BCUT2D eigenvalue weighted by Crippen LogP contribution is -2.15. The summed E-state index contributed by atoms with van der Waals surface area (Å²) < 4.78 is 27.2. The molecule has 0 amide bonds. The number of anilines is 1. The maximum atomic E-state index is 12.3. The van der Waals surface area contributed by atoms with Gasteiger partial charge in [0.05, 0.1) is 11.3 Å². The molecule has 0 aromatic heterocycles. The van der Waals surface area contributed by atoms with E-state index < -0.39 is 16.0 Å². The minimum absolute atomic E-state index is 0.112. The number of nitrogens with one attached hydrogen (secondary N) is 1. The number of hydrogen-bond donors (Lipinski definition) is 2. The molecule has 0 radical (unpaired) electrons. The van der Waals surface area contributed by atoms with Gasteiger partial charge in [0.15, 0.2) is 0 Å². The smallest absolute Gasteiger partial charge is 0.335 e. The lowest BCUT2D eigenvalue weighted by atomic mass is 10.1. The Hall–Kier alpha value is -2.83. The third kappa shape index (κ3) is 5.09. The van der Waals surface area contributed by atoms with Gasteiger partial charge in [-0.15, -0.1) is 0 Å². The summed E-state index contributed by atoms with van der Waals surface area (Å²) >= 11 is 5.99. The minimum Gasteiger partial charge on any atom is -0.478 e. The minimum atomic E-state index is -3.62. The predicted octanol–water partition coefficient (Wildman–Crippen LogP) is 4.65. The first-order chi connectivity index (χ1) is 12.8. The van der Waals surface area contributed by atoms with Gasteiger partial charge in [-0.25, -0.2) is 13.2 Å². The summed E-state index contributed by atoms with van der Waals surface area (Å²) in [6.45, 7) is 0. The molecule has 3 aromatic carbocycles. The molecule has 0 heterocycles. The number of carbonyl (C=O) groups is 1. The van der Waals surface area contributed by atoms with Gasteiger partial charge in [-0.05, 0) is 53.1 Å². The first-order valence-corrected chi connectivity index (χ1v) is 10.0. The quantitative estimate of drug-likeness (QED) is 0.629. The highest BCUT2D eigenvalue weighted by Gasteiger charge is 2.13. The second-order valence-corrected chi connectivity index (χ2v) is 8.11. The van der Waals surface area contributed by atoms with Crippen LogP contribution in [-0.2, 0) is 15.8 Å². The van der Waals surface area contributed by atoms with Gasteiger partial charge >= 0.3 is 5.97 Å². The molecule has 3 aromatic rings. The van der Waals surface area contributed by atoms with Crippen LogP contribution >= 0.6 is 11.6 Å². The van der Waals surface area contributed by atoms with E-state index in [2.05, 4.69) is 4.72 Å². The molecule has 0 unspecified atom stereocenters. The van der Waals surface area contributed by atoms with Crippen molar-refractivity contribution in [3.63, 3.8) is 0 Å². The average Bonchev–Trinajstić information content (AvgIpc) is 2.62. The van der Waals surface area contributed by atoms with Gasteiger partial charge in [0, 0.05) is 10.7 Å². The van der Waals surface area contributed by atoms with Crippen LogP contribution < -0.4 is 4.72 Å². The highest BCUT2D eigenvalue weighted by molar-refractivity contribution is 7.91. The molecule has 0 saturated carbocycles. The first kappa shape index (κ1) is 18.9. The van der Waals surface area contributed by atoms with Crippen LogP contribution in [-0.4, -0.2) is 19.5 Å². The molecule has 3 rings (SSSR count). The van der Waals surface area contributed by atoms with Crippen LogP contribution in [0.25, 0.3) is 11.1 Å². The maximum absolute atomic E-state index is 12.3. The number of carboxylic acid groups (broad SMARTS) is 1. The SMILES string of the molecule is O=C(O)c1ccc(CS(=O)(=O)Nc2ccc(-c3cccc(Cl)c3)cc2)cc1. The largest absolute Gasteiger partial charge is 0.478 e. The van der Waals surface area contributed by atoms with Crippen molar-refractivity contribution in [3.8, 4) is 11.1 Å². The van der Waals surface area contributed by atoms with Crippen molar-refractivity contribution in [1.29, 1.82) is 0 Å². The fourth-order valence-electron chi connectivity index (χ4n) is 2.58. The Kier molecular flexibility index (Phi) is 5.48. The third-order valence-electron chi connectivity index (χ3n) is 3.87. The van der Waals surface area contributed by atoms with E-state index >= 15 is 0 Å². The van der Waals surface area contributed by atoms with Gasteiger partial charge in [0.25, 0.3) is 0 Å². The van der Waals surface area contributed by atoms with Crippen LogP contribution in [0.5, 0.6) is 0 Å². The average molecular weight is 402 g/mol. The maximum Gasteiger partial charge on any atom is 0.335 e. The first-order valence-electron chi connectivity index (χ1n) is 8.01. The zero-order valence-electron chi connectivity index (χ0n) is 14.1.